The maximum absolute atomic E-state index is 15.4. The van der Waals surface area contributed by atoms with Gasteiger partial charge in [0, 0.05) is 16.8 Å². The molecule has 0 aliphatic rings. The average molecular weight is 514 g/mol. The molecule has 2 aromatic carbocycles. The van der Waals surface area contributed by atoms with Crippen molar-refractivity contribution >= 4 is 50.0 Å². The minimum absolute atomic E-state index is 0.0785. The lowest BCUT2D eigenvalue weighted by Crippen LogP contribution is -2.15. The van der Waals surface area contributed by atoms with Gasteiger partial charge in [-0.25, -0.2) is 37.1 Å². The van der Waals surface area contributed by atoms with Crippen LogP contribution in [0.5, 0.6) is 0 Å². The Hall–Kier alpha value is -4.16. The molecule has 0 bridgehead atoms. The van der Waals surface area contributed by atoms with Gasteiger partial charge in [0.25, 0.3) is 10.0 Å². The normalized spacial score (nSPS) is 11.5. The third kappa shape index (κ3) is 4.36. The maximum Gasteiger partial charge on any atom is 0.262 e. The molecule has 3 heterocycles. The van der Waals surface area contributed by atoms with Gasteiger partial charge < -0.3 is 10.3 Å². The molecule has 0 spiro atoms. The number of hydrogen-bond donors (Lipinski definition) is 3. The van der Waals surface area contributed by atoms with Crippen LogP contribution in [-0.2, 0) is 10.0 Å². The third-order valence-electron chi connectivity index (χ3n) is 4.97. The highest BCUT2D eigenvalue weighted by atomic mass is 35.5. The molecule has 35 heavy (non-hydrogen) atoms. The van der Waals surface area contributed by atoms with Gasteiger partial charge in [0.05, 0.1) is 16.9 Å². The van der Waals surface area contributed by atoms with Gasteiger partial charge in [-0.2, -0.15) is 0 Å². The Morgan fingerprint density at radius 3 is 2.66 bits per heavy atom. The fraction of sp³-hybridized carbons (Fsp3) is 0. The minimum Gasteiger partial charge on any atom is -0.341 e. The van der Waals surface area contributed by atoms with Crippen molar-refractivity contribution in [2.45, 2.75) is 4.90 Å². The molecule has 5 aromatic rings. The van der Waals surface area contributed by atoms with E-state index in [0.29, 0.717) is 22.4 Å². The first-order chi connectivity index (χ1) is 16.8. The quantitative estimate of drug-likeness (QED) is 0.295. The first-order valence-electron chi connectivity index (χ1n) is 9.96. The van der Waals surface area contributed by atoms with Crippen LogP contribution in [0.25, 0.3) is 22.4 Å². The molecule has 176 valence electrons. The summed E-state index contributed by atoms with van der Waals surface area (Å²) in [5.74, 6) is -2.05. The highest BCUT2D eigenvalue weighted by Gasteiger charge is 2.22. The molecule has 9 nitrogen and oxygen atoms in total. The van der Waals surface area contributed by atoms with Gasteiger partial charge in [-0.1, -0.05) is 17.7 Å². The molecular weight excluding hydrogens is 500 g/mol. The third-order valence-corrected chi connectivity index (χ3v) is 6.57. The maximum atomic E-state index is 15.4. The molecule has 13 heteroatoms. The number of benzene rings is 2. The predicted octanol–water partition coefficient (Wildman–Crippen LogP) is 4.89. The molecule has 0 unspecified atom stereocenters. The number of aromatic nitrogens is 5. The second kappa shape index (κ2) is 8.89. The summed E-state index contributed by atoms with van der Waals surface area (Å²) >= 11 is 5.87. The number of halogens is 3. The average Bonchev–Trinajstić information content (AvgIpc) is 3.33. The number of pyridine rings is 1. The summed E-state index contributed by atoms with van der Waals surface area (Å²) in [5, 5.41) is 2.82. The fourth-order valence-electron chi connectivity index (χ4n) is 3.37. The second-order valence-corrected chi connectivity index (χ2v) is 9.31. The number of nitrogens with zero attached hydrogens (tertiary/aromatic N) is 4. The Bertz CT molecular complexity index is 1680. The van der Waals surface area contributed by atoms with Crippen LogP contribution in [0.3, 0.4) is 0 Å². The van der Waals surface area contributed by atoms with E-state index in [1.54, 1.807) is 12.1 Å². The number of aromatic amines is 1. The van der Waals surface area contributed by atoms with Crippen molar-refractivity contribution in [3.05, 3.63) is 84.0 Å². The zero-order valence-electron chi connectivity index (χ0n) is 17.5. The fourth-order valence-corrected chi connectivity index (χ4v) is 4.73. The van der Waals surface area contributed by atoms with E-state index in [4.69, 9.17) is 11.6 Å². The lowest BCUT2D eigenvalue weighted by atomic mass is 10.1. The summed E-state index contributed by atoms with van der Waals surface area (Å²) in [5.41, 5.74) is 0.650. The van der Waals surface area contributed by atoms with Crippen molar-refractivity contribution in [2.75, 3.05) is 10.0 Å². The second-order valence-electron chi connectivity index (χ2n) is 7.19. The van der Waals surface area contributed by atoms with E-state index in [0.717, 1.165) is 12.1 Å². The van der Waals surface area contributed by atoms with Crippen molar-refractivity contribution in [3.63, 3.8) is 0 Å². The van der Waals surface area contributed by atoms with Crippen LogP contribution in [-0.4, -0.2) is 33.3 Å². The van der Waals surface area contributed by atoms with E-state index in [1.165, 1.54) is 43.1 Å². The number of sulfonamides is 1. The van der Waals surface area contributed by atoms with E-state index in [-0.39, 0.29) is 15.7 Å². The van der Waals surface area contributed by atoms with Crippen LogP contribution >= 0.6 is 11.6 Å². The number of imidazole rings is 1. The molecule has 0 saturated heterocycles. The lowest BCUT2D eigenvalue weighted by Gasteiger charge is -2.15. The Kier molecular flexibility index (Phi) is 5.75. The van der Waals surface area contributed by atoms with E-state index in [9.17, 15) is 12.8 Å². The van der Waals surface area contributed by atoms with Gasteiger partial charge in [0.1, 0.15) is 34.9 Å². The van der Waals surface area contributed by atoms with E-state index >= 15 is 4.39 Å². The van der Waals surface area contributed by atoms with Crippen molar-refractivity contribution in [1.29, 1.82) is 0 Å². The number of nitrogens with one attached hydrogen (secondary N) is 3. The highest BCUT2D eigenvalue weighted by molar-refractivity contribution is 7.92. The van der Waals surface area contributed by atoms with Gasteiger partial charge in [-0.15, -0.1) is 0 Å². The summed E-state index contributed by atoms with van der Waals surface area (Å²) in [6, 6.07) is 10.6. The molecule has 3 N–H and O–H groups in total. The number of H-pyrrole nitrogens is 1. The van der Waals surface area contributed by atoms with Gasteiger partial charge in [0.15, 0.2) is 11.5 Å². The van der Waals surface area contributed by atoms with Crippen molar-refractivity contribution in [3.8, 4) is 11.3 Å². The molecule has 3 aromatic heterocycles. The topological polar surface area (TPSA) is 126 Å². The number of rotatable bonds is 6. The molecule has 0 aliphatic carbocycles. The van der Waals surface area contributed by atoms with Gasteiger partial charge >= 0.3 is 0 Å². The van der Waals surface area contributed by atoms with Crippen LogP contribution in [0.2, 0.25) is 5.02 Å². The molecule has 0 radical (unpaired) electrons. The van der Waals surface area contributed by atoms with Gasteiger partial charge in [-0.3, -0.25) is 4.72 Å². The molecule has 0 saturated carbocycles. The summed E-state index contributed by atoms with van der Waals surface area (Å²) < 4.78 is 57.6. The van der Waals surface area contributed by atoms with E-state index < -0.39 is 33.0 Å². The summed E-state index contributed by atoms with van der Waals surface area (Å²) in [4.78, 5) is 19.3. The standard InChI is InChI=1S/C22H14ClF2N7O2S/c23-12-3-1-4-13(9-12)35(33,34)32-16-7-6-15(24)19(17(16)25)31-21-14(5-2-8-26-21)18-20-22(29-10-27-18)30-11-28-20/h1-11,32H,(H,26,31)(H,27,28,29,30). The minimum atomic E-state index is -4.20. The Labute approximate surface area is 202 Å². The summed E-state index contributed by atoms with van der Waals surface area (Å²) in [6.45, 7) is 0. The molecular formula is C22H14ClF2N7O2S. The molecule has 0 atom stereocenters. The summed E-state index contributed by atoms with van der Waals surface area (Å²) in [6.07, 6.45) is 4.18. The molecule has 0 amide bonds. The highest BCUT2D eigenvalue weighted by Crippen LogP contribution is 2.34. The molecule has 5 rings (SSSR count). The lowest BCUT2D eigenvalue weighted by molar-refractivity contribution is 0.588. The number of hydrogen-bond acceptors (Lipinski definition) is 7. The molecule has 0 aliphatic heterocycles. The zero-order chi connectivity index (χ0) is 24.6. The molecule has 0 fully saturated rings. The van der Waals surface area contributed by atoms with Gasteiger partial charge in [0.2, 0.25) is 0 Å². The van der Waals surface area contributed by atoms with Crippen molar-refractivity contribution in [2.24, 2.45) is 0 Å². The number of fused-ring (bicyclic) bond motifs is 1. The SMILES string of the molecule is O=S(=O)(Nc1ccc(F)c(Nc2ncccc2-c2ncnc3nc[nH]c23)c1F)c1cccc(Cl)c1. The van der Waals surface area contributed by atoms with Gasteiger partial charge in [-0.05, 0) is 42.5 Å². The first kappa shape index (κ1) is 22.6. The Balaban J connectivity index is 1.53. The van der Waals surface area contributed by atoms with Crippen LogP contribution in [0, 0.1) is 11.6 Å². The first-order valence-corrected chi connectivity index (χ1v) is 11.8. The summed E-state index contributed by atoms with van der Waals surface area (Å²) in [7, 11) is -4.20. The van der Waals surface area contributed by atoms with Crippen molar-refractivity contribution < 1.29 is 17.2 Å². The Morgan fingerprint density at radius 1 is 0.971 bits per heavy atom. The van der Waals surface area contributed by atoms with E-state index in [2.05, 4.69) is 35.0 Å². The van der Waals surface area contributed by atoms with Crippen molar-refractivity contribution in [1.82, 2.24) is 24.9 Å². The monoisotopic (exact) mass is 513 g/mol. The predicted molar refractivity (Wildman–Crippen MR) is 127 cm³/mol. The van der Waals surface area contributed by atoms with Crippen LogP contribution in [0.15, 0.2) is 72.3 Å². The Morgan fingerprint density at radius 2 is 1.83 bits per heavy atom. The number of anilines is 3. The largest absolute Gasteiger partial charge is 0.341 e. The smallest absolute Gasteiger partial charge is 0.262 e. The van der Waals surface area contributed by atoms with Crippen LogP contribution < -0.4 is 10.0 Å². The van der Waals surface area contributed by atoms with Crippen LogP contribution in [0.4, 0.5) is 26.0 Å². The van der Waals surface area contributed by atoms with E-state index in [1.807, 2.05) is 0 Å². The van der Waals surface area contributed by atoms with Crippen LogP contribution in [0.1, 0.15) is 0 Å². The zero-order valence-corrected chi connectivity index (χ0v) is 19.1.